The van der Waals surface area contributed by atoms with Gasteiger partial charge in [-0.15, -0.1) is 11.8 Å². The lowest BCUT2D eigenvalue weighted by atomic mass is 10.3. The molecule has 88 valence electrons. The molecule has 0 N–H and O–H groups in total. The number of hydrogen-bond donors (Lipinski definition) is 0. The lowest BCUT2D eigenvalue weighted by Gasteiger charge is -2.04. The van der Waals surface area contributed by atoms with Gasteiger partial charge < -0.3 is 0 Å². The molecule has 0 spiro atoms. The summed E-state index contributed by atoms with van der Waals surface area (Å²) in [5.74, 6) is 0.782. The van der Waals surface area contributed by atoms with Crippen molar-refractivity contribution in [2.24, 2.45) is 0 Å². The molecule has 1 aromatic heterocycles. The third kappa shape index (κ3) is 3.78. The standard InChI is InChI=1S/C12H8Cl3NS/c13-9-2-3-10(14)11(5-9)17-7-8-1-4-12(15)16-6-8/h1-6H,7H2. The van der Waals surface area contributed by atoms with Gasteiger partial charge in [-0.25, -0.2) is 4.98 Å². The van der Waals surface area contributed by atoms with E-state index in [0.29, 0.717) is 15.2 Å². The van der Waals surface area contributed by atoms with Crippen molar-refractivity contribution >= 4 is 46.6 Å². The molecular formula is C12H8Cl3NS. The predicted molar refractivity (Wildman–Crippen MR) is 75.3 cm³/mol. The lowest BCUT2D eigenvalue weighted by Crippen LogP contribution is -1.83. The molecule has 0 radical (unpaired) electrons. The molecule has 0 saturated carbocycles. The van der Waals surface area contributed by atoms with E-state index in [4.69, 9.17) is 34.8 Å². The first kappa shape index (κ1) is 13.0. The van der Waals surface area contributed by atoms with Crippen LogP contribution in [0.4, 0.5) is 0 Å². The van der Waals surface area contributed by atoms with Gasteiger partial charge in [0.05, 0.1) is 5.02 Å². The van der Waals surface area contributed by atoms with Crippen molar-refractivity contribution in [3.05, 3.63) is 57.3 Å². The van der Waals surface area contributed by atoms with Crippen molar-refractivity contribution < 1.29 is 0 Å². The normalized spacial score (nSPS) is 10.5. The highest BCUT2D eigenvalue weighted by molar-refractivity contribution is 7.98. The Morgan fingerprint density at radius 3 is 2.59 bits per heavy atom. The van der Waals surface area contributed by atoms with Crippen LogP contribution in [-0.2, 0) is 5.75 Å². The quantitative estimate of drug-likeness (QED) is 0.561. The zero-order chi connectivity index (χ0) is 12.3. The molecule has 2 aromatic rings. The molecule has 0 aliphatic carbocycles. The Kier molecular flexibility index (Phi) is 4.57. The monoisotopic (exact) mass is 303 g/mol. The predicted octanol–water partition coefficient (Wildman–Crippen LogP) is 5.33. The first-order chi connectivity index (χ1) is 8.15. The van der Waals surface area contributed by atoms with Gasteiger partial charge in [-0.05, 0) is 29.8 Å². The van der Waals surface area contributed by atoms with Crippen LogP contribution in [0.5, 0.6) is 0 Å². The van der Waals surface area contributed by atoms with Gasteiger partial charge in [0, 0.05) is 21.9 Å². The fourth-order valence-corrected chi connectivity index (χ4v) is 2.78. The maximum Gasteiger partial charge on any atom is 0.129 e. The average molecular weight is 305 g/mol. The number of thioether (sulfide) groups is 1. The van der Waals surface area contributed by atoms with Gasteiger partial charge in [0.2, 0.25) is 0 Å². The van der Waals surface area contributed by atoms with Crippen molar-refractivity contribution in [1.82, 2.24) is 4.98 Å². The molecule has 2 rings (SSSR count). The lowest BCUT2D eigenvalue weighted by molar-refractivity contribution is 1.25. The minimum Gasteiger partial charge on any atom is -0.244 e. The molecule has 0 fully saturated rings. The summed E-state index contributed by atoms with van der Waals surface area (Å²) in [6.45, 7) is 0. The molecule has 0 amide bonds. The van der Waals surface area contributed by atoms with Crippen LogP contribution < -0.4 is 0 Å². The topological polar surface area (TPSA) is 12.9 Å². The largest absolute Gasteiger partial charge is 0.244 e. The Labute approximate surface area is 119 Å². The van der Waals surface area contributed by atoms with Gasteiger partial charge in [0.25, 0.3) is 0 Å². The maximum absolute atomic E-state index is 6.07. The van der Waals surface area contributed by atoms with Crippen molar-refractivity contribution in [1.29, 1.82) is 0 Å². The highest BCUT2D eigenvalue weighted by Gasteiger charge is 2.03. The van der Waals surface area contributed by atoms with Crippen molar-refractivity contribution in [2.75, 3.05) is 0 Å². The van der Waals surface area contributed by atoms with Crippen LogP contribution in [0.2, 0.25) is 15.2 Å². The number of benzene rings is 1. The summed E-state index contributed by atoms with van der Waals surface area (Å²) in [6, 6.07) is 9.15. The number of hydrogen-bond acceptors (Lipinski definition) is 2. The third-order valence-electron chi connectivity index (χ3n) is 2.08. The van der Waals surface area contributed by atoms with E-state index in [1.54, 1.807) is 36.2 Å². The van der Waals surface area contributed by atoms with Crippen molar-refractivity contribution in [2.45, 2.75) is 10.6 Å². The van der Waals surface area contributed by atoms with Gasteiger partial charge in [-0.3, -0.25) is 0 Å². The maximum atomic E-state index is 6.07. The SMILES string of the molecule is Clc1ccc(Cl)c(SCc2ccc(Cl)nc2)c1. The summed E-state index contributed by atoms with van der Waals surface area (Å²) in [4.78, 5) is 4.99. The van der Waals surface area contributed by atoms with E-state index in [9.17, 15) is 0 Å². The second-order valence-corrected chi connectivity index (χ2v) is 5.60. The van der Waals surface area contributed by atoms with Gasteiger partial charge >= 0.3 is 0 Å². The molecule has 0 unspecified atom stereocenters. The molecule has 0 atom stereocenters. The fraction of sp³-hybridized carbons (Fsp3) is 0.0833. The highest BCUT2D eigenvalue weighted by Crippen LogP contribution is 2.31. The van der Waals surface area contributed by atoms with E-state index in [0.717, 1.165) is 16.2 Å². The van der Waals surface area contributed by atoms with Crippen LogP contribution in [0.1, 0.15) is 5.56 Å². The molecule has 0 bridgehead atoms. The molecular weight excluding hydrogens is 297 g/mol. The number of rotatable bonds is 3. The smallest absolute Gasteiger partial charge is 0.129 e. The van der Waals surface area contributed by atoms with Gasteiger partial charge in [0.15, 0.2) is 0 Å². The Morgan fingerprint density at radius 2 is 1.88 bits per heavy atom. The molecule has 1 heterocycles. The molecule has 0 aliphatic heterocycles. The highest BCUT2D eigenvalue weighted by atomic mass is 35.5. The molecule has 0 aliphatic rings. The Morgan fingerprint density at radius 1 is 1.06 bits per heavy atom. The first-order valence-corrected chi connectivity index (χ1v) is 6.95. The number of aromatic nitrogens is 1. The van der Waals surface area contributed by atoms with Crippen LogP contribution in [0.3, 0.4) is 0 Å². The van der Waals surface area contributed by atoms with Crippen LogP contribution in [-0.4, -0.2) is 4.98 Å². The van der Waals surface area contributed by atoms with Gasteiger partial charge in [0.1, 0.15) is 5.15 Å². The van der Waals surface area contributed by atoms with E-state index in [-0.39, 0.29) is 0 Å². The van der Waals surface area contributed by atoms with Crippen LogP contribution in [0.15, 0.2) is 41.4 Å². The Bertz CT molecular complexity index is 514. The number of nitrogens with zero attached hydrogens (tertiary/aromatic N) is 1. The van der Waals surface area contributed by atoms with Crippen LogP contribution >= 0.6 is 46.6 Å². The van der Waals surface area contributed by atoms with E-state index in [2.05, 4.69) is 4.98 Å². The Balaban J connectivity index is 2.07. The van der Waals surface area contributed by atoms with E-state index >= 15 is 0 Å². The first-order valence-electron chi connectivity index (χ1n) is 4.83. The van der Waals surface area contributed by atoms with E-state index in [1.165, 1.54) is 0 Å². The number of halogens is 3. The van der Waals surface area contributed by atoms with E-state index in [1.807, 2.05) is 12.1 Å². The van der Waals surface area contributed by atoms with Crippen LogP contribution in [0, 0.1) is 0 Å². The van der Waals surface area contributed by atoms with Gasteiger partial charge in [-0.1, -0.05) is 40.9 Å². The third-order valence-corrected chi connectivity index (χ3v) is 4.10. The van der Waals surface area contributed by atoms with Crippen molar-refractivity contribution in [3.63, 3.8) is 0 Å². The summed E-state index contributed by atoms with van der Waals surface area (Å²) < 4.78 is 0. The summed E-state index contributed by atoms with van der Waals surface area (Å²) in [6.07, 6.45) is 1.76. The molecule has 0 saturated heterocycles. The Hall–Kier alpha value is -0.410. The minimum atomic E-state index is 0.500. The summed E-state index contributed by atoms with van der Waals surface area (Å²) in [5, 5.41) is 1.90. The minimum absolute atomic E-state index is 0.500. The molecule has 5 heteroatoms. The average Bonchev–Trinajstić information content (AvgIpc) is 2.32. The van der Waals surface area contributed by atoms with E-state index < -0.39 is 0 Å². The zero-order valence-corrected chi connectivity index (χ0v) is 11.7. The zero-order valence-electron chi connectivity index (χ0n) is 8.66. The second kappa shape index (κ2) is 5.96. The van der Waals surface area contributed by atoms with Crippen molar-refractivity contribution in [3.8, 4) is 0 Å². The van der Waals surface area contributed by atoms with Crippen LogP contribution in [0.25, 0.3) is 0 Å². The second-order valence-electron chi connectivity index (χ2n) is 3.35. The molecule has 1 nitrogen and oxygen atoms in total. The summed E-state index contributed by atoms with van der Waals surface area (Å²) in [5.41, 5.74) is 1.09. The summed E-state index contributed by atoms with van der Waals surface area (Å²) >= 11 is 19.3. The van der Waals surface area contributed by atoms with Gasteiger partial charge in [-0.2, -0.15) is 0 Å². The molecule has 17 heavy (non-hydrogen) atoms. The fourth-order valence-electron chi connectivity index (χ4n) is 1.24. The number of pyridine rings is 1. The summed E-state index contributed by atoms with van der Waals surface area (Å²) in [7, 11) is 0. The molecule has 1 aromatic carbocycles.